The fraction of sp³-hybridized carbons (Fsp3) is 0.300. The molecule has 0 spiro atoms. The first-order chi connectivity index (χ1) is 12.9. The number of carbonyl (C=O) groups is 1. The first-order valence-corrected chi connectivity index (χ1v) is 8.48. The van der Waals surface area contributed by atoms with E-state index in [1.165, 1.54) is 6.20 Å². The van der Waals surface area contributed by atoms with Crippen molar-refractivity contribution in [3.8, 4) is 11.5 Å². The average molecular weight is 370 g/mol. The molecule has 0 unspecified atom stereocenters. The fourth-order valence-corrected chi connectivity index (χ4v) is 2.91. The molecule has 2 aliphatic rings. The summed E-state index contributed by atoms with van der Waals surface area (Å²) in [4.78, 5) is 16.5. The highest BCUT2D eigenvalue weighted by Gasteiger charge is 2.20. The van der Waals surface area contributed by atoms with Crippen LogP contribution in [0.2, 0.25) is 0 Å². The number of nitrogens with zero attached hydrogens (tertiary/aromatic N) is 2. The van der Waals surface area contributed by atoms with Crippen molar-refractivity contribution in [1.29, 1.82) is 0 Å². The number of hydroxylamine groups is 2. The highest BCUT2D eigenvalue weighted by atomic mass is 16.5. The number of ether oxygens (including phenoxy) is 3. The van der Waals surface area contributed by atoms with E-state index in [0.717, 1.165) is 5.06 Å². The van der Waals surface area contributed by atoms with Gasteiger partial charge in [0.05, 0.1) is 24.3 Å². The van der Waals surface area contributed by atoms with E-state index in [9.17, 15) is 10.0 Å². The number of ketones is 1. The van der Waals surface area contributed by atoms with Gasteiger partial charge in [-0.3, -0.25) is 10.0 Å². The molecular formula is C20H22N2O5. The van der Waals surface area contributed by atoms with Crippen molar-refractivity contribution in [2.24, 2.45) is 4.99 Å². The van der Waals surface area contributed by atoms with Gasteiger partial charge in [-0.05, 0) is 37.1 Å². The first kappa shape index (κ1) is 18.9. The molecule has 7 heteroatoms. The lowest BCUT2D eigenvalue weighted by Gasteiger charge is -2.21. The predicted molar refractivity (Wildman–Crippen MR) is 98.8 cm³/mol. The second kappa shape index (κ2) is 7.77. The summed E-state index contributed by atoms with van der Waals surface area (Å²) in [5.41, 5.74) is 1.85. The van der Waals surface area contributed by atoms with Crippen LogP contribution in [0.15, 0.2) is 51.8 Å². The molecule has 27 heavy (non-hydrogen) atoms. The summed E-state index contributed by atoms with van der Waals surface area (Å²) in [5, 5.41) is 12.7. The van der Waals surface area contributed by atoms with Crippen LogP contribution in [0, 0.1) is 0 Å². The van der Waals surface area contributed by atoms with Gasteiger partial charge in [0.15, 0.2) is 11.6 Å². The molecule has 0 amide bonds. The minimum absolute atomic E-state index is 0.0143. The number of fused-ring (bicyclic) bond motifs is 1. The number of rotatable bonds is 5. The molecule has 1 aromatic rings. The van der Waals surface area contributed by atoms with Crippen LogP contribution in [-0.4, -0.2) is 43.5 Å². The third-order valence-electron chi connectivity index (χ3n) is 4.29. The number of methoxy groups -OCH3 is 2. The molecule has 0 atom stereocenters. The minimum atomic E-state index is -0.0143. The summed E-state index contributed by atoms with van der Waals surface area (Å²) in [6.45, 7) is 4.28. The van der Waals surface area contributed by atoms with Crippen LogP contribution in [0.4, 0.5) is 0 Å². The molecule has 1 heterocycles. The monoisotopic (exact) mass is 370 g/mol. The number of hydrogen-bond donors (Lipinski definition) is 1. The van der Waals surface area contributed by atoms with Gasteiger partial charge in [-0.15, -0.1) is 0 Å². The molecule has 0 aromatic heterocycles. The number of allylic oxidation sites excluding steroid dienone is 5. The average Bonchev–Trinajstić information content (AvgIpc) is 2.65. The summed E-state index contributed by atoms with van der Waals surface area (Å²) in [7, 11) is 3.16. The Morgan fingerprint density at radius 1 is 1.11 bits per heavy atom. The van der Waals surface area contributed by atoms with Gasteiger partial charge in [0.25, 0.3) is 0 Å². The van der Waals surface area contributed by atoms with Gasteiger partial charge < -0.3 is 14.2 Å². The summed E-state index contributed by atoms with van der Waals surface area (Å²) < 4.78 is 16.1. The highest BCUT2D eigenvalue weighted by molar-refractivity contribution is 6.09. The van der Waals surface area contributed by atoms with E-state index in [2.05, 4.69) is 4.99 Å². The van der Waals surface area contributed by atoms with Crippen molar-refractivity contribution in [2.75, 3.05) is 27.4 Å². The predicted octanol–water partition coefficient (Wildman–Crippen LogP) is 1.47. The van der Waals surface area contributed by atoms with Crippen molar-refractivity contribution in [1.82, 2.24) is 5.06 Å². The zero-order valence-corrected chi connectivity index (χ0v) is 15.8. The lowest BCUT2D eigenvalue weighted by molar-refractivity contribution is -0.112. The zero-order chi connectivity index (χ0) is 19.6. The van der Waals surface area contributed by atoms with Crippen LogP contribution >= 0.6 is 0 Å². The van der Waals surface area contributed by atoms with E-state index in [1.54, 1.807) is 52.4 Å². The van der Waals surface area contributed by atoms with Crippen LogP contribution < -0.4 is 20.0 Å². The van der Waals surface area contributed by atoms with Gasteiger partial charge in [0.1, 0.15) is 18.1 Å². The Kier molecular flexibility index (Phi) is 5.43. The van der Waals surface area contributed by atoms with Crippen LogP contribution in [0.5, 0.6) is 11.5 Å². The second-order valence-electron chi connectivity index (χ2n) is 6.25. The van der Waals surface area contributed by atoms with Crippen LogP contribution in [0.1, 0.15) is 13.8 Å². The van der Waals surface area contributed by atoms with Gasteiger partial charge in [0, 0.05) is 31.0 Å². The number of benzene rings is 1. The number of hydrogen-bond acceptors (Lipinski definition) is 7. The van der Waals surface area contributed by atoms with Crippen molar-refractivity contribution < 1.29 is 24.2 Å². The molecule has 1 aliphatic heterocycles. The molecule has 0 bridgehead atoms. The Hall–Kier alpha value is -2.90. The molecule has 0 saturated carbocycles. The summed E-state index contributed by atoms with van der Waals surface area (Å²) in [6, 6.07) is 3.50. The molecule has 7 nitrogen and oxygen atoms in total. The van der Waals surface area contributed by atoms with Crippen molar-refractivity contribution in [3.63, 3.8) is 0 Å². The molecule has 142 valence electrons. The van der Waals surface area contributed by atoms with Gasteiger partial charge in [-0.2, -0.15) is 0 Å². The topological polar surface area (TPSA) is 80.6 Å². The highest BCUT2D eigenvalue weighted by Crippen LogP contribution is 2.24. The Bertz CT molecular complexity index is 964. The maximum absolute atomic E-state index is 12.0. The van der Waals surface area contributed by atoms with Gasteiger partial charge in [-0.25, -0.2) is 10.1 Å². The maximum Gasteiger partial charge on any atom is 0.184 e. The molecule has 1 N–H and O–H groups in total. The van der Waals surface area contributed by atoms with E-state index in [-0.39, 0.29) is 5.78 Å². The fourth-order valence-electron chi connectivity index (χ4n) is 2.91. The molecule has 0 saturated heterocycles. The van der Waals surface area contributed by atoms with Crippen molar-refractivity contribution in [2.45, 2.75) is 13.8 Å². The van der Waals surface area contributed by atoms with Crippen molar-refractivity contribution in [3.05, 3.63) is 57.4 Å². The molecule has 0 fully saturated rings. The van der Waals surface area contributed by atoms with Crippen molar-refractivity contribution >= 4 is 12.0 Å². The van der Waals surface area contributed by atoms with Gasteiger partial charge >= 0.3 is 0 Å². The molecule has 3 rings (SSSR count). The summed E-state index contributed by atoms with van der Waals surface area (Å²) in [6.07, 6.45) is 4.97. The first-order valence-electron chi connectivity index (χ1n) is 8.48. The lowest BCUT2D eigenvalue weighted by atomic mass is 9.95. The normalized spacial score (nSPS) is 16.2. The SMILES string of the molecule is COCCOc1cc(OC)cc2c1=CN(O)C(=C1C=C(C)C(=O)C(C)=C1)N=2. The Morgan fingerprint density at radius 2 is 1.81 bits per heavy atom. The minimum Gasteiger partial charge on any atom is -0.497 e. The molecule has 1 aliphatic carbocycles. The molecular weight excluding hydrogens is 348 g/mol. The van der Waals surface area contributed by atoms with E-state index < -0.39 is 0 Å². The van der Waals surface area contributed by atoms with Crippen LogP contribution in [0.3, 0.4) is 0 Å². The van der Waals surface area contributed by atoms with Gasteiger partial charge in [0.2, 0.25) is 0 Å². The Labute approximate surface area is 157 Å². The maximum atomic E-state index is 12.0. The number of carbonyl (C=O) groups excluding carboxylic acids is 1. The molecule has 0 radical (unpaired) electrons. The van der Waals surface area contributed by atoms with E-state index >= 15 is 0 Å². The standard InChI is InChI=1S/C20H22N2O5/c1-12-7-14(8-13(2)19(12)23)20-21-17-9-15(26-4)10-18(27-6-5-25-3)16(17)11-22(20)24/h7-11,24H,5-6H2,1-4H3. The van der Waals surface area contributed by atoms with Crippen LogP contribution in [-0.2, 0) is 9.53 Å². The number of Topliss-reactive ketones (excluding diaryl/α,β-unsaturated/α-hetero) is 1. The quantitative estimate of drug-likeness (QED) is 0.791. The van der Waals surface area contributed by atoms with Gasteiger partial charge in [-0.1, -0.05) is 0 Å². The molecule has 1 aromatic carbocycles. The summed E-state index contributed by atoms with van der Waals surface area (Å²) in [5.74, 6) is 1.43. The second-order valence-corrected chi connectivity index (χ2v) is 6.25. The Balaban J connectivity index is 2.15. The Morgan fingerprint density at radius 3 is 2.44 bits per heavy atom. The third-order valence-corrected chi connectivity index (χ3v) is 4.29. The van der Waals surface area contributed by atoms with E-state index in [4.69, 9.17) is 14.2 Å². The zero-order valence-electron chi connectivity index (χ0n) is 15.8. The lowest BCUT2D eigenvalue weighted by Crippen LogP contribution is -2.35. The van der Waals surface area contributed by atoms with E-state index in [1.807, 2.05) is 0 Å². The van der Waals surface area contributed by atoms with Crippen LogP contribution in [0.25, 0.3) is 6.20 Å². The summed E-state index contributed by atoms with van der Waals surface area (Å²) >= 11 is 0. The third kappa shape index (κ3) is 3.79. The van der Waals surface area contributed by atoms with E-state index in [0.29, 0.717) is 57.8 Å². The largest absolute Gasteiger partial charge is 0.497 e. The smallest absolute Gasteiger partial charge is 0.184 e.